The molecule has 5 rings (SSSR count). The number of halogens is 1. The Morgan fingerprint density at radius 2 is 1.97 bits per heavy atom. The quantitative estimate of drug-likeness (QED) is 0.344. The van der Waals surface area contributed by atoms with Crippen molar-refractivity contribution in [2.75, 3.05) is 27.2 Å². The first-order valence-corrected chi connectivity index (χ1v) is 12.7. The van der Waals surface area contributed by atoms with E-state index < -0.39 is 0 Å². The smallest absolute Gasteiger partial charge is 0.254 e. The van der Waals surface area contributed by atoms with Crippen LogP contribution in [0, 0.1) is 11.7 Å². The highest BCUT2D eigenvalue weighted by Gasteiger charge is 2.37. The summed E-state index contributed by atoms with van der Waals surface area (Å²) in [6.07, 6.45) is 7.22. The van der Waals surface area contributed by atoms with Crippen LogP contribution in [0.4, 0.5) is 4.39 Å². The Kier molecular flexibility index (Phi) is 7.19. The van der Waals surface area contributed by atoms with Crippen molar-refractivity contribution in [3.63, 3.8) is 0 Å². The Hall–Kier alpha value is -3.78. The molecule has 0 bridgehead atoms. The highest BCUT2D eigenvalue weighted by atomic mass is 19.1. The lowest BCUT2D eigenvalue weighted by atomic mass is 9.78. The zero-order valence-electron chi connectivity index (χ0n) is 21.4. The van der Waals surface area contributed by atoms with E-state index in [0.717, 1.165) is 41.4 Å². The van der Waals surface area contributed by atoms with E-state index in [1.54, 1.807) is 30.7 Å². The van der Waals surface area contributed by atoms with E-state index in [2.05, 4.69) is 34.2 Å². The van der Waals surface area contributed by atoms with Crippen LogP contribution in [0.2, 0.25) is 0 Å². The van der Waals surface area contributed by atoms with Gasteiger partial charge < -0.3 is 14.5 Å². The SMILES string of the molecule is CCOc1cc(C(=O)N(Cc2cncc3cn[nH]c23)C2CC(CN(C)C)C2)ccc1-c1cccc(F)c1. The molecular formula is C29H32FN5O2. The predicted molar refractivity (Wildman–Crippen MR) is 142 cm³/mol. The van der Waals surface area contributed by atoms with Gasteiger partial charge in [-0.25, -0.2) is 4.39 Å². The summed E-state index contributed by atoms with van der Waals surface area (Å²) in [5.74, 6) is 0.753. The molecule has 4 aromatic rings. The Labute approximate surface area is 216 Å². The fraction of sp³-hybridized carbons (Fsp3) is 0.345. The molecule has 8 heteroatoms. The second-order valence-electron chi connectivity index (χ2n) is 9.97. The van der Waals surface area contributed by atoms with E-state index in [9.17, 15) is 9.18 Å². The largest absolute Gasteiger partial charge is 0.493 e. The van der Waals surface area contributed by atoms with Crippen molar-refractivity contribution in [2.24, 2.45) is 5.92 Å². The van der Waals surface area contributed by atoms with E-state index in [1.165, 1.54) is 12.1 Å². The molecule has 0 atom stereocenters. The average Bonchev–Trinajstić information content (AvgIpc) is 3.34. The number of H-pyrrole nitrogens is 1. The molecule has 0 spiro atoms. The fourth-order valence-corrected chi connectivity index (χ4v) is 5.20. The third-order valence-electron chi connectivity index (χ3n) is 6.97. The van der Waals surface area contributed by atoms with Crippen molar-refractivity contribution in [1.29, 1.82) is 0 Å². The number of benzene rings is 2. The van der Waals surface area contributed by atoms with Crippen molar-refractivity contribution >= 4 is 16.8 Å². The summed E-state index contributed by atoms with van der Waals surface area (Å²) >= 11 is 0. The molecule has 7 nitrogen and oxygen atoms in total. The summed E-state index contributed by atoms with van der Waals surface area (Å²) in [5, 5.41) is 8.13. The Bertz CT molecular complexity index is 1400. The van der Waals surface area contributed by atoms with Crippen molar-refractivity contribution in [1.82, 2.24) is 25.0 Å². The van der Waals surface area contributed by atoms with Crippen molar-refractivity contribution < 1.29 is 13.9 Å². The topological polar surface area (TPSA) is 74.3 Å². The number of nitrogens with one attached hydrogen (secondary N) is 1. The lowest BCUT2D eigenvalue weighted by Crippen LogP contribution is -2.49. The maximum Gasteiger partial charge on any atom is 0.254 e. The minimum atomic E-state index is -0.315. The third kappa shape index (κ3) is 5.34. The summed E-state index contributed by atoms with van der Waals surface area (Å²) < 4.78 is 19.8. The van der Waals surface area contributed by atoms with Crippen LogP contribution in [0.25, 0.3) is 22.0 Å². The van der Waals surface area contributed by atoms with Crippen LogP contribution < -0.4 is 4.74 Å². The first-order valence-electron chi connectivity index (χ1n) is 12.7. The molecule has 2 aromatic carbocycles. The lowest BCUT2D eigenvalue weighted by molar-refractivity contribution is 0.0389. The first kappa shape index (κ1) is 24.9. The molecule has 0 aliphatic heterocycles. The molecule has 1 saturated carbocycles. The molecule has 0 unspecified atom stereocenters. The highest BCUT2D eigenvalue weighted by molar-refractivity contribution is 5.96. The van der Waals surface area contributed by atoms with Crippen LogP contribution in [0.3, 0.4) is 0 Å². The molecule has 0 saturated heterocycles. The van der Waals surface area contributed by atoms with E-state index in [1.807, 2.05) is 30.0 Å². The van der Waals surface area contributed by atoms with Gasteiger partial charge >= 0.3 is 0 Å². The van der Waals surface area contributed by atoms with Crippen LogP contribution in [0.5, 0.6) is 5.75 Å². The highest BCUT2D eigenvalue weighted by Crippen LogP contribution is 2.36. The van der Waals surface area contributed by atoms with Crippen LogP contribution in [-0.2, 0) is 6.54 Å². The number of carbonyl (C=O) groups is 1. The number of ether oxygens (including phenoxy) is 1. The predicted octanol–water partition coefficient (Wildman–Crippen LogP) is 5.15. The van der Waals surface area contributed by atoms with Gasteiger partial charge in [-0.3, -0.25) is 14.9 Å². The summed E-state index contributed by atoms with van der Waals surface area (Å²) in [4.78, 5) is 22.5. The minimum Gasteiger partial charge on any atom is -0.493 e. The minimum absolute atomic E-state index is 0.0587. The Morgan fingerprint density at radius 1 is 1.14 bits per heavy atom. The van der Waals surface area contributed by atoms with Gasteiger partial charge in [0, 0.05) is 53.6 Å². The second kappa shape index (κ2) is 10.7. The summed E-state index contributed by atoms with van der Waals surface area (Å²) in [6.45, 7) is 3.77. The van der Waals surface area contributed by atoms with E-state index in [-0.39, 0.29) is 17.8 Å². The average molecular weight is 502 g/mol. The zero-order valence-corrected chi connectivity index (χ0v) is 21.4. The maximum atomic E-state index is 14.0. The molecule has 1 fully saturated rings. The van der Waals surface area contributed by atoms with Crippen LogP contribution >= 0.6 is 0 Å². The monoisotopic (exact) mass is 501 g/mol. The number of fused-ring (bicyclic) bond motifs is 1. The van der Waals surface area contributed by atoms with Crippen LogP contribution in [0.15, 0.2) is 61.1 Å². The maximum absolute atomic E-state index is 14.0. The van der Waals surface area contributed by atoms with Crippen molar-refractivity contribution in [3.8, 4) is 16.9 Å². The molecule has 1 amide bonds. The first-order chi connectivity index (χ1) is 17.9. The number of aromatic amines is 1. The van der Waals surface area contributed by atoms with Crippen molar-refractivity contribution in [3.05, 3.63) is 78.0 Å². The second-order valence-corrected chi connectivity index (χ2v) is 9.97. The number of carbonyl (C=O) groups excluding carboxylic acids is 1. The van der Waals surface area contributed by atoms with Gasteiger partial charge in [-0.2, -0.15) is 5.10 Å². The fourth-order valence-electron chi connectivity index (χ4n) is 5.20. The standard InChI is InChI=1S/C29H32FN5O2/c1-4-37-27-13-21(8-9-26(27)20-6-5-7-24(30)12-20)29(36)35(25-10-19(11-25)17-34(2)3)18-23-15-31-14-22-16-32-33-28(22)23/h5-9,12-16,19,25H,4,10-11,17-18H2,1-3H3,(H,32,33). The summed E-state index contributed by atoms with van der Waals surface area (Å²) in [7, 11) is 4.16. The normalized spacial score (nSPS) is 17.1. The molecule has 37 heavy (non-hydrogen) atoms. The lowest BCUT2D eigenvalue weighted by Gasteiger charge is -2.44. The number of pyridine rings is 1. The summed E-state index contributed by atoms with van der Waals surface area (Å²) in [5.41, 5.74) is 3.84. The van der Waals surface area contributed by atoms with Gasteiger partial charge in [0.05, 0.1) is 18.3 Å². The number of amides is 1. The number of nitrogens with zero attached hydrogens (tertiary/aromatic N) is 4. The van der Waals surface area contributed by atoms with E-state index in [0.29, 0.717) is 35.9 Å². The van der Waals surface area contributed by atoms with Gasteiger partial charge in [0.15, 0.2) is 0 Å². The van der Waals surface area contributed by atoms with Gasteiger partial charge in [-0.05, 0) is 75.7 Å². The molecule has 2 aromatic heterocycles. The molecule has 1 N–H and O–H groups in total. The van der Waals surface area contributed by atoms with Gasteiger partial charge in [-0.15, -0.1) is 0 Å². The van der Waals surface area contributed by atoms with E-state index in [4.69, 9.17) is 4.74 Å². The molecular weight excluding hydrogens is 469 g/mol. The molecule has 1 aliphatic rings. The number of aromatic nitrogens is 3. The number of rotatable bonds is 9. The molecule has 192 valence electrons. The van der Waals surface area contributed by atoms with Crippen LogP contribution in [0.1, 0.15) is 35.7 Å². The Balaban J connectivity index is 1.47. The van der Waals surface area contributed by atoms with Gasteiger partial charge in [0.2, 0.25) is 0 Å². The van der Waals surface area contributed by atoms with Crippen LogP contribution in [-0.4, -0.2) is 64.2 Å². The Morgan fingerprint density at radius 3 is 2.73 bits per heavy atom. The number of hydrogen-bond acceptors (Lipinski definition) is 5. The van der Waals surface area contributed by atoms with Crippen molar-refractivity contribution in [2.45, 2.75) is 32.4 Å². The molecule has 1 aliphatic carbocycles. The third-order valence-corrected chi connectivity index (χ3v) is 6.97. The zero-order chi connectivity index (χ0) is 25.9. The summed E-state index contributed by atoms with van der Waals surface area (Å²) in [6, 6.07) is 12.0. The van der Waals surface area contributed by atoms with E-state index >= 15 is 0 Å². The van der Waals surface area contributed by atoms with Gasteiger partial charge in [-0.1, -0.05) is 12.1 Å². The number of hydrogen-bond donors (Lipinski definition) is 1. The van der Waals surface area contributed by atoms with Gasteiger partial charge in [0.1, 0.15) is 11.6 Å². The molecule has 2 heterocycles. The van der Waals surface area contributed by atoms with Gasteiger partial charge in [0.25, 0.3) is 5.91 Å². The molecule has 0 radical (unpaired) electrons.